The largest absolute Gasteiger partial charge is 0.397 e. The summed E-state index contributed by atoms with van der Waals surface area (Å²) >= 11 is 0. The first-order valence-corrected chi connectivity index (χ1v) is 9.36. The average molecular weight is 397 g/mol. The van der Waals surface area contributed by atoms with Crippen LogP contribution in [0.1, 0.15) is 11.4 Å². The van der Waals surface area contributed by atoms with Crippen molar-refractivity contribution in [1.82, 2.24) is 19.4 Å². The number of carbonyl (C=O) groups is 1. The number of carbonyl (C=O) groups excluding carboxylic acids is 1. The fraction of sp³-hybridized carbons (Fsp3) is 0.286. The van der Waals surface area contributed by atoms with Gasteiger partial charge in [0.2, 0.25) is 5.91 Å². The van der Waals surface area contributed by atoms with Gasteiger partial charge in [-0.2, -0.15) is 0 Å². The van der Waals surface area contributed by atoms with E-state index in [1.807, 2.05) is 17.7 Å². The zero-order valence-corrected chi connectivity index (χ0v) is 16.0. The molecular weight excluding hydrogens is 376 g/mol. The standard InChI is InChI=1S/C21H21F2N5O/c1-13-8-27(12-25-13)9-14-10-28(11-14)21(29)7-20-18(24)4-5-19(26-20)16-3-2-15(22)6-17(16)23/h2-6,8,12,14H,7,9-11,24H2,1H3. The van der Waals surface area contributed by atoms with E-state index in [4.69, 9.17) is 5.73 Å². The predicted molar refractivity (Wildman–Crippen MR) is 105 cm³/mol. The Morgan fingerprint density at radius 2 is 2.03 bits per heavy atom. The lowest BCUT2D eigenvalue weighted by Crippen LogP contribution is -2.51. The number of aromatic nitrogens is 3. The highest BCUT2D eigenvalue weighted by Crippen LogP contribution is 2.25. The van der Waals surface area contributed by atoms with Crippen LogP contribution in [0.4, 0.5) is 14.5 Å². The van der Waals surface area contributed by atoms with E-state index in [9.17, 15) is 13.6 Å². The van der Waals surface area contributed by atoms with Gasteiger partial charge in [-0.15, -0.1) is 0 Å². The second-order valence-corrected chi connectivity index (χ2v) is 7.41. The van der Waals surface area contributed by atoms with Crippen molar-refractivity contribution < 1.29 is 13.6 Å². The molecule has 29 heavy (non-hydrogen) atoms. The first-order chi connectivity index (χ1) is 13.9. The van der Waals surface area contributed by atoms with Crippen molar-refractivity contribution in [2.75, 3.05) is 18.8 Å². The van der Waals surface area contributed by atoms with Gasteiger partial charge in [-0.25, -0.2) is 13.8 Å². The van der Waals surface area contributed by atoms with Gasteiger partial charge in [0.25, 0.3) is 0 Å². The highest BCUT2D eigenvalue weighted by atomic mass is 19.1. The number of likely N-dealkylation sites (tertiary alicyclic amines) is 1. The molecule has 6 nitrogen and oxygen atoms in total. The first-order valence-electron chi connectivity index (χ1n) is 9.36. The summed E-state index contributed by atoms with van der Waals surface area (Å²) in [5, 5.41) is 0. The Morgan fingerprint density at radius 3 is 2.72 bits per heavy atom. The van der Waals surface area contributed by atoms with E-state index in [1.54, 1.807) is 23.4 Å². The first kappa shape index (κ1) is 19.0. The summed E-state index contributed by atoms with van der Waals surface area (Å²) in [4.78, 5) is 22.9. The van der Waals surface area contributed by atoms with Gasteiger partial charge in [-0.1, -0.05) is 0 Å². The minimum atomic E-state index is -0.708. The highest BCUT2D eigenvalue weighted by molar-refractivity contribution is 5.81. The Balaban J connectivity index is 1.41. The molecule has 2 N–H and O–H groups in total. The van der Waals surface area contributed by atoms with Gasteiger partial charge in [0.15, 0.2) is 0 Å². The number of nitrogens with two attached hydrogens (primary N) is 1. The van der Waals surface area contributed by atoms with Gasteiger partial charge in [0.05, 0.1) is 35.5 Å². The van der Waals surface area contributed by atoms with Crippen molar-refractivity contribution in [3.63, 3.8) is 0 Å². The van der Waals surface area contributed by atoms with Gasteiger partial charge in [0.1, 0.15) is 11.6 Å². The number of anilines is 1. The summed E-state index contributed by atoms with van der Waals surface area (Å²) in [6.45, 7) is 4.10. The van der Waals surface area contributed by atoms with Gasteiger partial charge in [0, 0.05) is 43.4 Å². The zero-order chi connectivity index (χ0) is 20.5. The van der Waals surface area contributed by atoms with Gasteiger partial charge in [-0.05, 0) is 31.2 Å². The zero-order valence-electron chi connectivity index (χ0n) is 16.0. The van der Waals surface area contributed by atoms with Crippen LogP contribution in [0.3, 0.4) is 0 Å². The Morgan fingerprint density at radius 1 is 1.24 bits per heavy atom. The number of benzene rings is 1. The Labute approximate surface area is 167 Å². The maximum absolute atomic E-state index is 14.1. The molecule has 4 rings (SSSR count). The Bertz CT molecular complexity index is 1060. The Hall–Kier alpha value is -3.29. The molecule has 3 heterocycles. The van der Waals surface area contributed by atoms with Gasteiger partial charge < -0.3 is 15.2 Å². The molecule has 3 aromatic rings. The molecule has 1 saturated heterocycles. The van der Waals surface area contributed by atoms with Crippen molar-refractivity contribution in [2.45, 2.75) is 19.9 Å². The summed E-state index contributed by atoms with van der Waals surface area (Å²) < 4.78 is 29.2. The van der Waals surface area contributed by atoms with Crippen LogP contribution in [-0.2, 0) is 17.8 Å². The van der Waals surface area contributed by atoms with Crippen LogP contribution >= 0.6 is 0 Å². The minimum absolute atomic E-state index is 0.0411. The summed E-state index contributed by atoms with van der Waals surface area (Å²) in [6, 6.07) is 6.45. The molecule has 1 fully saturated rings. The van der Waals surface area contributed by atoms with E-state index in [2.05, 4.69) is 9.97 Å². The topological polar surface area (TPSA) is 77.0 Å². The van der Waals surface area contributed by atoms with Gasteiger partial charge in [-0.3, -0.25) is 9.78 Å². The molecule has 0 spiro atoms. The molecule has 0 radical (unpaired) electrons. The number of halogens is 2. The molecule has 0 bridgehead atoms. The molecule has 1 aliphatic rings. The van der Waals surface area contributed by atoms with Crippen LogP contribution in [0.25, 0.3) is 11.3 Å². The molecule has 150 valence electrons. The van der Waals surface area contributed by atoms with E-state index in [-0.39, 0.29) is 17.9 Å². The fourth-order valence-corrected chi connectivity index (χ4v) is 3.51. The summed E-state index contributed by atoms with van der Waals surface area (Å²) in [5.74, 6) is -1.05. The third kappa shape index (κ3) is 4.11. The highest BCUT2D eigenvalue weighted by Gasteiger charge is 2.31. The third-order valence-corrected chi connectivity index (χ3v) is 5.08. The van der Waals surface area contributed by atoms with Crippen LogP contribution in [0.2, 0.25) is 0 Å². The van der Waals surface area contributed by atoms with E-state index in [0.29, 0.717) is 36.1 Å². The van der Waals surface area contributed by atoms with Gasteiger partial charge >= 0.3 is 0 Å². The van der Waals surface area contributed by atoms with E-state index < -0.39 is 11.6 Å². The van der Waals surface area contributed by atoms with Crippen LogP contribution in [-0.4, -0.2) is 38.4 Å². The monoisotopic (exact) mass is 397 g/mol. The van der Waals surface area contributed by atoms with Crippen molar-refractivity contribution in [3.8, 4) is 11.3 Å². The second-order valence-electron chi connectivity index (χ2n) is 7.41. The van der Waals surface area contributed by atoms with Crippen molar-refractivity contribution in [2.24, 2.45) is 5.92 Å². The molecule has 2 aromatic heterocycles. The number of hydrogen-bond acceptors (Lipinski definition) is 4. The minimum Gasteiger partial charge on any atom is -0.397 e. The molecular formula is C21H21F2N5O. The maximum Gasteiger partial charge on any atom is 0.228 e. The maximum atomic E-state index is 14.1. The van der Waals surface area contributed by atoms with Crippen molar-refractivity contribution in [3.05, 3.63) is 65.9 Å². The number of amides is 1. The second kappa shape index (κ2) is 7.62. The number of aryl methyl sites for hydroxylation is 1. The summed E-state index contributed by atoms with van der Waals surface area (Å²) in [7, 11) is 0. The van der Waals surface area contributed by atoms with Crippen LogP contribution < -0.4 is 5.73 Å². The number of nitrogen functional groups attached to an aromatic ring is 1. The lowest BCUT2D eigenvalue weighted by atomic mass is 9.99. The number of nitrogens with zero attached hydrogens (tertiary/aromatic N) is 4. The molecule has 1 aliphatic heterocycles. The van der Waals surface area contributed by atoms with Crippen molar-refractivity contribution >= 4 is 11.6 Å². The van der Waals surface area contributed by atoms with Crippen LogP contribution in [0.5, 0.6) is 0 Å². The number of hydrogen-bond donors (Lipinski definition) is 1. The lowest BCUT2D eigenvalue weighted by molar-refractivity contribution is -0.137. The molecule has 0 aliphatic carbocycles. The summed E-state index contributed by atoms with van der Waals surface area (Å²) in [6.07, 6.45) is 3.82. The van der Waals surface area contributed by atoms with E-state index in [1.165, 1.54) is 12.1 Å². The third-order valence-electron chi connectivity index (χ3n) is 5.08. The normalized spacial score (nSPS) is 14.1. The number of pyridine rings is 1. The smallest absolute Gasteiger partial charge is 0.228 e. The molecule has 8 heteroatoms. The SMILES string of the molecule is Cc1cn(CC2CN(C(=O)Cc3nc(-c4ccc(F)cc4F)ccc3N)C2)cn1. The molecule has 0 atom stereocenters. The van der Waals surface area contributed by atoms with E-state index in [0.717, 1.165) is 18.3 Å². The average Bonchev–Trinajstić information content (AvgIpc) is 3.05. The van der Waals surface area contributed by atoms with Crippen LogP contribution in [0.15, 0.2) is 42.9 Å². The quantitative estimate of drug-likeness (QED) is 0.718. The summed E-state index contributed by atoms with van der Waals surface area (Å²) in [5.41, 5.74) is 8.19. The molecule has 0 saturated carbocycles. The lowest BCUT2D eigenvalue weighted by Gasteiger charge is -2.39. The molecule has 1 amide bonds. The fourth-order valence-electron chi connectivity index (χ4n) is 3.51. The Kier molecular flexibility index (Phi) is 5.00. The molecule has 0 unspecified atom stereocenters. The van der Waals surface area contributed by atoms with Crippen LogP contribution in [0, 0.1) is 24.5 Å². The number of rotatable bonds is 5. The van der Waals surface area contributed by atoms with E-state index >= 15 is 0 Å². The van der Waals surface area contributed by atoms with Crippen molar-refractivity contribution in [1.29, 1.82) is 0 Å². The predicted octanol–water partition coefficient (Wildman–Crippen LogP) is 2.82. The number of imidazole rings is 1. The molecule has 1 aromatic carbocycles.